The fourth-order valence-electron chi connectivity index (χ4n) is 7.19. The summed E-state index contributed by atoms with van der Waals surface area (Å²) in [5.41, 5.74) is -0.0509. The molecule has 0 aromatic heterocycles. The predicted molar refractivity (Wildman–Crippen MR) is 116 cm³/mol. The predicted octanol–water partition coefficient (Wildman–Crippen LogP) is 3.43. The van der Waals surface area contributed by atoms with Gasteiger partial charge in [-0.2, -0.15) is 9.57 Å². The maximum absolute atomic E-state index is 13.4. The molecule has 4 aliphatic carbocycles. The van der Waals surface area contributed by atoms with Crippen LogP contribution in [0.4, 0.5) is 0 Å². The number of piperidine rings is 1. The molecule has 7 heteroatoms. The number of amides is 1. The largest absolute Gasteiger partial charge is 0.354 e. The van der Waals surface area contributed by atoms with Crippen molar-refractivity contribution >= 4 is 15.9 Å². The molecule has 5 fully saturated rings. The second-order valence-corrected chi connectivity index (χ2v) is 12.1. The average molecular weight is 442 g/mol. The van der Waals surface area contributed by atoms with Crippen LogP contribution in [0, 0.1) is 34.5 Å². The summed E-state index contributed by atoms with van der Waals surface area (Å²) < 4.78 is 28.3. The van der Waals surface area contributed by atoms with E-state index in [1.165, 1.54) is 29.6 Å². The van der Waals surface area contributed by atoms with Crippen LogP contribution >= 0.6 is 0 Å². The minimum absolute atomic E-state index is 0.0665. The molecule has 5 aliphatic rings. The van der Waals surface area contributed by atoms with E-state index in [0.717, 1.165) is 38.5 Å². The monoisotopic (exact) mass is 441 g/mol. The summed E-state index contributed by atoms with van der Waals surface area (Å²) in [5, 5.41) is 12.6. The Bertz CT molecular complexity index is 978. The van der Waals surface area contributed by atoms with E-state index in [9.17, 15) is 18.5 Å². The van der Waals surface area contributed by atoms with E-state index in [1.807, 2.05) is 6.07 Å². The van der Waals surface area contributed by atoms with Gasteiger partial charge < -0.3 is 5.32 Å². The number of nitrogens with one attached hydrogen (secondary N) is 1. The zero-order valence-electron chi connectivity index (χ0n) is 17.9. The Morgan fingerprint density at radius 3 is 2.39 bits per heavy atom. The van der Waals surface area contributed by atoms with Gasteiger partial charge in [-0.1, -0.05) is 18.6 Å². The highest BCUT2D eigenvalue weighted by molar-refractivity contribution is 7.89. The summed E-state index contributed by atoms with van der Waals surface area (Å²) in [5.74, 6) is 2.25. The third kappa shape index (κ3) is 3.68. The fraction of sp³-hybridized carbons (Fsp3) is 0.667. The first-order valence-corrected chi connectivity index (χ1v) is 13.1. The number of nitrogens with zero attached hydrogens (tertiary/aromatic N) is 2. The van der Waals surface area contributed by atoms with Gasteiger partial charge >= 0.3 is 0 Å². The topological polar surface area (TPSA) is 90.3 Å². The Morgan fingerprint density at radius 1 is 1.10 bits per heavy atom. The van der Waals surface area contributed by atoms with E-state index in [0.29, 0.717) is 30.8 Å². The first kappa shape index (κ1) is 21.0. The van der Waals surface area contributed by atoms with Crippen molar-refractivity contribution in [1.82, 2.24) is 9.62 Å². The van der Waals surface area contributed by atoms with Gasteiger partial charge in [0.1, 0.15) is 6.07 Å². The van der Waals surface area contributed by atoms with Crippen molar-refractivity contribution in [3.8, 4) is 6.07 Å². The molecule has 4 bridgehead atoms. The first-order chi connectivity index (χ1) is 14.9. The molecule has 6 nitrogen and oxygen atoms in total. The lowest BCUT2D eigenvalue weighted by atomic mass is 9.49. The quantitative estimate of drug-likeness (QED) is 0.758. The maximum atomic E-state index is 13.4. The van der Waals surface area contributed by atoms with Crippen LogP contribution in [0.1, 0.15) is 63.4 Å². The van der Waals surface area contributed by atoms with Gasteiger partial charge in [-0.15, -0.1) is 0 Å². The molecule has 1 aliphatic heterocycles. The van der Waals surface area contributed by atoms with Crippen molar-refractivity contribution in [1.29, 1.82) is 5.26 Å². The molecule has 1 atom stereocenters. The number of sulfonamides is 1. The van der Waals surface area contributed by atoms with E-state index in [4.69, 9.17) is 0 Å². The van der Waals surface area contributed by atoms with E-state index in [1.54, 1.807) is 18.2 Å². The van der Waals surface area contributed by atoms with Crippen LogP contribution < -0.4 is 5.32 Å². The van der Waals surface area contributed by atoms with Gasteiger partial charge in [0.25, 0.3) is 0 Å². The molecule has 1 aromatic carbocycles. The first-order valence-electron chi connectivity index (χ1n) is 11.7. The maximum Gasteiger partial charge on any atom is 0.244 e. The summed E-state index contributed by atoms with van der Waals surface area (Å²) in [6.07, 6.45) is 9.37. The molecule has 1 unspecified atom stereocenters. The lowest BCUT2D eigenvalue weighted by molar-refractivity contribution is -0.146. The van der Waals surface area contributed by atoms with Crippen molar-refractivity contribution < 1.29 is 13.2 Å². The summed E-state index contributed by atoms with van der Waals surface area (Å²) in [6, 6.07) is 8.13. The zero-order valence-corrected chi connectivity index (χ0v) is 18.7. The Labute approximate surface area is 185 Å². The molecule has 1 saturated heterocycles. The van der Waals surface area contributed by atoms with Gasteiger partial charge in [0.2, 0.25) is 15.9 Å². The van der Waals surface area contributed by atoms with Crippen LogP contribution in [0.5, 0.6) is 0 Å². The molecule has 1 amide bonds. The number of hydrogen-bond acceptors (Lipinski definition) is 4. The third-order valence-electron chi connectivity index (χ3n) is 8.19. The summed E-state index contributed by atoms with van der Waals surface area (Å²) in [6.45, 7) is 0.786. The molecule has 4 saturated carbocycles. The Balaban J connectivity index is 1.32. The average Bonchev–Trinajstić information content (AvgIpc) is 2.76. The molecule has 166 valence electrons. The molecular formula is C24H31N3O3S. The van der Waals surface area contributed by atoms with E-state index in [2.05, 4.69) is 5.32 Å². The highest BCUT2D eigenvalue weighted by Crippen LogP contribution is 2.60. The van der Waals surface area contributed by atoms with Crippen molar-refractivity contribution in [3.05, 3.63) is 29.8 Å². The molecule has 1 aromatic rings. The van der Waals surface area contributed by atoms with Crippen molar-refractivity contribution in [2.24, 2.45) is 23.2 Å². The Kier molecular flexibility index (Phi) is 5.34. The van der Waals surface area contributed by atoms with Crippen LogP contribution in [0.3, 0.4) is 0 Å². The van der Waals surface area contributed by atoms with E-state index >= 15 is 0 Å². The van der Waals surface area contributed by atoms with E-state index < -0.39 is 10.0 Å². The second-order valence-electron chi connectivity index (χ2n) is 10.3. The third-order valence-corrected chi connectivity index (χ3v) is 10.2. The zero-order chi connectivity index (χ0) is 21.6. The number of nitriles is 1. The van der Waals surface area contributed by atoms with Gasteiger partial charge in [0.15, 0.2) is 0 Å². The standard InChI is InChI=1S/C24H31N3O3S/c25-15-20-5-1-2-7-22(20)31(29,30)27-8-4-3-6-21(27)16-26-23(28)24-12-17-9-18(13-24)11-19(10-17)14-24/h1-2,5,7,17-19,21H,3-4,6,8-14,16H2,(H,26,28). The molecule has 1 N–H and O–H groups in total. The molecule has 0 radical (unpaired) electrons. The van der Waals surface area contributed by atoms with Crippen LogP contribution in [0.2, 0.25) is 0 Å². The van der Waals surface area contributed by atoms with Crippen molar-refractivity contribution in [2.75, 3.05) is 13.1 Å². The second kappa shape index (κ2) is 7.90. The SMILES string of the molecule is N#Cc1ccccc1S(=O)(=O)N1CCCCC1CNC(=O)C12CC3CC(CC(C3)C1)C2. The molecule has 1 heterocycles. The van der Waals surface area contributed by atoms with Crippen LogP contribution in [-0.2, 0) is 14.8 Å². The van der Waals surface area contributed by atoms with Gasteiger partial charge in [-0.05, 0) is 81.3 Å². The molecule has 6 rings (SSSR count). The Hall–Kier alpha value is -1.91. The smallest absolute Gasteiger partial charge is 0.244 e. The summed E-state index contributed by atoms with van der Waals surface area (Å²) >= 11 is 0. The van der Waals surface area contributed by atoms with Crippen LogP contribution in [0.15, 0.2) is 29.2 Å². The number of rotatable bonds is 5. The minimum Gasteiger partial charge on any atom is -0.354 e. The van der Waals surface area contributed by atoms with Gasteiger partial charge in [0.05, 0.1) is 10.5 Å². The van der Waals surface area contributed by atoms with Gasteiger partial charge in [0, 0.05) is 24.5 Å². The van der Waals surface area contributed by atoms with Crippen molar-refractivity contribution in [2.45, 2.75) is 68.7 Å². The number of carbonyl (C=O) groups excluding carboxylic acids is 1. The number of hydrogen-bond donors (Lipinski definition) is 1. The highest BCUT2D eigenvalue weighted by atomic mass is 32.2. The molecule has 31 heavy (non-hydrogen) atoms. The summed E-state index contributed by atoms with van der Waals surface area (Å²) in [4.78, 5) is 13.4. The Morgan fingerprint density at radius 2 is 1.74 bits per heavy atom. The fourth-order valence-corrected chi connectivity index (χ4v) is 9.03. The highest BCUT2D eigenvalue weighted by Gasteiger charge is 2.54. The van der Waals surface area contributed by atoms with Gasteiger partial charge in [-0.3, -0.25) is 4.79 Å². The molecule has 0 spiro atoms. The number of benzene rings is 1. The molecular weight excluding hydrogens is 410 g/mol. The van der Waals surface area contributed by atoms with E-state index in [-0.39, 0.29) is 27.8 Å². The van der Waals surface area contributed by atoms with Gasteiger partial charge in [-0.25, -0.2) is 8.42 Å². The minimum atomic E-state index is -3.79. The number of carbonyl (C=O) groups is 1. The normalized spacial score (nSPS) is 34.9. The van der Waals surface area contributed by atoms with Crippen molar-refractivity contribution in [3.63, 3.8) is 0 Å². The van der Waals surface area contributed by atoms with Crippen LogP contribution in [0.25, 0.3) is 0 Å². The van der Waals surface area contributed by atoms with Crippen LogP contribution in [-0.4, -0.2) is 37.8 Å². The lowest BCUT2D eigenvalue weighted by Gasteiger charge is -2.55. The summed E-state index contributed by atoms with van der Waals surface area (Å²) in [7, 11) is -3.79. The lowest BCUT2D eigenvalue weighted by Crippen LogP contribution is -2.56.